The maximum absolute atomic E-state index is 15.9. The Kier molecular flexibility index (Phi) is 18.7. The number of piperazine rings is 2. The first-order valence-electron chi connectivity index (χ1n) is 33.2. The monoisotopic (exact) mass is 1340 g/mol. The normalized spacial score (nSPS) is 20.3. The fraction of sp³-hybridized carbons (Fsp3) is 0.380. The Labute approximate surface area is 563 Å². The van der Waals surface area contributed by atoms with Crippen LogP contribution in [0.25, 0.3) is 11.4 Å². The van der Waals surface area contributed by atoms with Gasteiger partial charge in [-0.1, -0.05) is 24.3 Å². The number of nitrogens with zero attached hydrogens (tertiary/aromatic N) is 16. The van der Waals surface area contributed by atoms with E-state index in [9.17, 15) is 14.0 Å². The second kappa shape index (κ2) is 28.2. The van der Waals surface area contributed by atoms with Crippen LogP contribution >= 0.6 is 0 Å². The lowest BCUT2D eigenvalue weighted by Crippen LogP contribution is -2.46. The average molecular weight is 1340 g/mol. The van der Waals surface area contributed by atoms with E-state index in [0.717, 1.165) is 98.8 Å². The van der Waals surface area contributed by atoms with Crippen LogP contribution in [0.2, 0.25) is 0 Å². The summed E-state index contributed by atoms with van der Waals surface area (Å²) in [6.45, 7) is 14.9. The first-order valence-corrected chi connectivity index (χ1v) is 33.2. The third kappa shape index (κ3) is 13.9. The third-order valence-electron chi connectivity index (χ3n) is 18.9. The van der Waals surface area contributed by atoms with E-state index in [1.54, 1.807) is 40.2 Å². The van der Waals surface area contributed by atoms with Gasteiger partial charge in [-0.3, -0.25) is 9.13 Å². The van der Waals surface area contributed by atoms with Crippen molar-refractivity contribution in [1.82, 2.24) is 58.7 Å². The van der Waals surface area contributed by atoms with Crippen molar-refractivity contribution in [2.24, 2.45) is 0 Å². The first kappa shape index (κ1) is 65.2. The number of anilines is 4. The zero-order chi connectivity index (χ0) is 67.5. The molecule has 0 N–H and O–H groups in total. The second-order valence-electron chi connectivity index (χ2n) is 25.4. The number of aryl methyl sites for hydroxylation is 2. The minimum absolute atomic E-state index is 0.00556. The van der Waals surface area contributed by atoms with Crippen molar-refractivity contribution >= 4 is 22.7 Å². The fourth-order valence-corrected chi connectivity index (χ4v) is 13.1. The zero-order valence-electron chi connectivity index (χ0n) is 55.0. The molecule has 10 aromatic rings. The van der Waals surface area contributed by atoms with Crippen LogP contribution in [0.3, 0.4) is 0 Å². The highest BCUT2D eigenvalue weighted by Crippen LogP contribution is 2.40. The summed E-state index contributed by atoms with van der Waals surface area (Å²) in [6.07, 6.45) is 8.79. The van der Waals surface area contributed by atoms with E-state index in [1.165, 1.54) is 43.2 Å². The van der Waals surface area contributed by atoms with E-state index in [1.807, 2.05) is 112 Å². The van der Waals surface area contributed by atoms with Gasteiger partial charge in [0.05, 0.1) is 42.7 Å². The van der Waals surface area contributed by atoms with Crippen molar-refractivity contribution in [1.29, 1.82) is 0 Å². The Morgan fingerprint density at radius 3 is 1.49 bits per heavy atom. The van der Waals surface area contributed by atoms with Gasteiger partial charge in [0.2, 0.25) is 11.6 Å². The first-order chi connectivity index (χ1) is 47.6. The lowest BCUT2D eigenvalue weighted by molar-refractivity contribution is -0.194. The molecule has 0 aliphatic carbocycles. The smallest absolute Gasteiger partial charge is 0.350 e. The molecule has 14 rings (SSSR count). The van der Waals surface area contributed by atoms with Crippen LogP contribution in [-0.4, -0.2) is 150 Å². The molecule has 4 aliphatic heterocycles. The van der Waals surface area contributed by atoms with E-state index in [-0.39, 0.29) is 74.1 Å². The molecule has 0 spiro atoms. The minimum Gasteiger partial charge on any atom is -0.491 e. The molecule has 98 heavy (non-hydrogen) atoms. The maximum atomic E-state index is 15.9. The molecule has 6 aromatic carbocycles. The van der Waals surface area contributed by atoms with E-state index in [2.05, 4.69) is 64.3 Å². The third-order valence-corrected chi connectivity index (χ3v) is 18.9. The molecular weight excluding hydrogens is 1260 g/mol. The van der Waals surface area contributed by atoms with Gasteiger partial charge in [-0.15, -0.1) is 5.10 Å². The molecule has 0 saturated carbocycles. The quantitative estimate of drug-likeness (QED) is 0.0553. The Morgan fingerprint density at radius 2 is 1.02 bits per heavy atom. The van der Waals surface area contributed by atoms with E-state index in [4.69, 9.17) is 33.5 Å². The van der Waals surface area contributed by atoms with E-state index >= 15 is 8.78 Å². The van der Waals surface area contributed by atoms with Gasteiger partial charge in [0.15, 0.2) is 0 Å². The average Bonchev–Trinajstić information content (AvgIpc) is 1.61. The van der Waals surface area contributed by atoms with Crippen molar-refractivity contribution in [2.75, 3.05) is 98.4 Å². The van der Waals surface area contributed by atoms with Gasteiger partial charge in [-0.05, 0) is 161 Å². The van der Waals surface area contributed by atoms with Gasteiger partial charge in [0, 0.05) is 111 Å². The van der Waals surface area contributed by atoms with Crippen molar-refractivity contribution in [3.8, 4) is 22.9 Å². The molecule has 0 bridgehead atoms. The standard InChI is InChI=1S/C71H77F3N16O8/c1-5-50(3)86-47-77-89(68(86)91)58-14-10-54(11-15-58)81-30-34-84(35-31-81)57-20-24-61(25-21-57)94-42-63-44-96-71(98-63,64-26-6-49(2)38-66(64)73)46-88-76-40-53(79-88)9-7-51(4)87-48-78-90(69(87)92)59-16-12-55(13-17-59)82-32-36-83(37-33-82)56-18-22-60(23-19-56)93-41-62-43-95-70(97-62,45-85-29-28-75-80-85)65-27-8-52(72)39-67(65)74/h6,8,10-29,38-40,47-48,50-51,62-63H,5,7,9,30-37,41-46H2,1-4H3. The molecule has 4 aromatic heterocycles. The number of halogens is 3. The second-order valence-corrected chi connectivity index (χ2v) is 25.4. The van der Waals surface area contributed by atoms with Gasteiger partial charge in [0.1, 0.15) is 80.1 Å². The zero-order valence-corrected chi connectivity index (χ0v) is 55.0. The highest BCUT2D eigenvalue weighted by molar-refractivity contribution is 5.56. The van der Waals surface area contributed by atoms with Crippen LogP contribution in [0, 0.1) is 24.4 Å². The van der Waals surface area contributed by atoms with Crippen LogP contribution in [-0.2, 0) is 50.0 Å². The van der Waals surface area contributed by atoms with Crippen molar-refractivity contribution in [3.05, 3.63) is 226 Å². The molecule has 24 nitrogen and oxygen atoms in total. The van der Waals surface area contributed by atoms with Gasteiger partial charge in [-0.25, -0.2) is 27.4 Å². The molecule has 6 atom stereocenters. The lowest BCUT2D eigenvalue weighted by atomic mass is 10.0. The molecule has 6 unspecified atom stereocenters. The van der Waals surface area contributed by atoms with Crippen LogP contribution < -0.4 is 40.5 Å². The summed E-state index contributed by atoms with van der Waals surface area (Å²) in [6, 6.07) is 39.8. The minimum atomic E-state index is -1.55. The summed E-state index contributed by atoms with van der Waals surface area (Å²) >= 11 is 0. The van der Waals surface area contributed by atoms with Crippen molar-refractivity contribution in [2.45, 2.75) is 95.9 Å². The molecule has 4 aliphatic rings. The maximum Gasteiger partial charge on any atom is 0.350 e. The molecule has 0 radical (unpaired) electrons. The molecule has 27 heteroatoms. The SMILES string of the molecule is CCC(C)n1cnn(-c2ccc(N3CCN(c4ccc(OCC5COC(Cn6ncc(CCC(C)n7cnn(-c8ccc(N9CCN(c%10ccc(OCC%11COC(Cn%12ccnn%12)(c%12ccc(F)cc%12F)O%11)cc%10)CC9)cc8)c7=O)n6)(c6ccc(C)cc6F)O5)cc4)CC3)cc2)c1=O. The molecule has 4 fully saturated rings. The predicted molar refractivity (Wildman–Crippen MR) is 359 cm³/mol. The van der Waals surface area contributed by atoms with Gasteiger partial charge < -0.3 is 48.0 Å². The highest BCUT2D eigenvalue weighted by Gasteiger charge is 2.48. The van der Waals surface area contributed by atoms with Crippen LogP contribution in [0.4, 0.5) is 35.9 Å². The number of aromatic nitrogens is 12. The number of benzene rings is 6. The molecule has 4 saturated heterocycles. The topological polar surface area (TPSA) is 209 Å². The Morgan fingerprint density at radius 1 is 0.561 bits per heavy atom. The molecule has 0 amide bonds. The summed E-state index contributed by atoms with van der Waals surface area (Å²) in [5.41, 5.74) is 7.00. The van der Waals surface area contributed by atoms with Crippen LogP contribution in [0.15, 0.2) is 174 Å². The largest absolute Gasteiger partial charge is 0.491 e. The summed E-state index contributed by atoms with van der Waals surface area (Å²) in [5, 5.41) is 26.0. The van der Waals surface area contributed by atoms with Crippen LogP contribution in [0.5, 0.6) is 11.5 Å². The lowest BCUT2D eigenvalue weighted by Gasteiger charge is -2.37. The predicted octanol–water partition coefficient (Wildman–Crippen LogP) is 8.80. The molecular formula is C71H77F3N16O8. The summed E-state index contributed by atoms with van der Waals surface area (Å²) < 4.78 is 90.3. The number of rotatable bonds is 24. The highest BCUT2D eigenvalue weighted by atomic mass is 19.1. The Balaban J connectivity index is 0.530. The summed E-state index contributed by atoms with van der Waals surface area (Å²) in [4.78, 5) is 37.6. The van der Waals surface area contributed by atoms with Gasteiger partial charge in [-0.2, -0.15) is 34.6 Å². The van der Waals surface area contributed by atoms with Crippen molar-refractivity contribution in [3.63, 3.8) is 0 Å². The van der Waals surface area contributed by atoms with E-state index < -0.39 is 41.2 Å². The molecule has 510 valence electrons. The van der Waals surface area contributed by atoms with E-state index in [0.29, 0.717) is 35.7 Å². The van der Waals surface area contributed by atoms with Crippen molar-refractivity contribution < 1.29 is 41.6 Å². The fourth-order valence-electron chi connectivity index (χ4n) is 13.1. The Hall–Kier alpha value is -10.1. The Bertz CT molecular complexity index is 4460. The number of ether oxygens (including phenoxy) is 6. The number of hydrogen-bond donors (Lipinski definition) is 0. The van der Waals surface area contributed by atoms with Gasteiger partial charge >= 0.3 is 11.4 Å². The summed E-state index contributed by atoms with van der Waals surface area (Å²) in [7, 11) is 0. The molecule has 8 heterocycles. The number of hydrogen-bond acceptors (Lipinski definition) is 18. The summed E-state index contributed by atoms with van der Waals surface area (Å²) in [5.74, 6) is -3.74. The van der Waals surface area contributed by atoms with Gasteiger partial charge in [0.25, 0.3) is 0 Å². The van der Waals surface area contributed by atoms with Crippen LogP contribution in [0.1, 0.15) is 68.1 Å².